The third-order valence-corrected chi connectivity index (χ3v) is 4.07. The molecule has 0 spiro atoms. The molecule has 1 aliphatic rings. The molecule has 0 aromatic carbocycles. The molecule has 0 radical (unpaired) electrons. The Hall–Kier alpha value is -0.0800. The van der Waals surface area contributed by atoms with Gasteiger partial charge in [-0.15, -0.1) is 0 Å². The van der Waals surface area contributed by atoms with Gasteiger partial charge in [0.2, 0.25) is 0 Å². The molecular formula is C14H30N2. The summed E-state index contributed by atoms with van der Waals surface area (Å²) in [6.45, 7) is 8.02. The van der Waals surface area contributed by atoms with Crippen LogP contribution in [0.1, 0.15) is 58.8 Å². The Bertz CT molecular complexity index is 170. The largest absolute Gasteiger partial charge is 0.329 e. The van der Waals surface area contributed by atoms with Gasteiger partial charge in [-0.25, -0.2) is 0 Å². The molecule has 1 fully saturated rings. The topological polar surface area (TPSA) is 29.3 Å². The quantitative estimate of drug-likeness (QED) is 0.645. The second-order valence-corrected chi connectivity index (χ2v) is 5.30. The van der Waals surface area contributed by atoms with Crippen molar-refractivity contribution < 1.29 is 0 Å². The molecule has 1 aliphatic heterocycles. The van der Waals surface area contributed by atoms with Crippen LogP contribution in [-0.2, 0) is 0 Å². The minimum Gasteiger partial charge on any atom is -0.329 e. The fourth-order valence-electron chi connectivity index (χ4n) is 2.78. The minimum atomic E-state index is 0.661. The second kappa shape index (κ2) is 8.08. The summed E-state index contributed by atoms with van der Waals surface area (Å²) in [5.41, 5.74) is 5.91. The van der Waals surface area contributed by atoms with Gasteiger partial charge in [0.25, 0.3) is 0 Å². The van der Waals surface area contributed by atoms with Crippen molar-refractivity contribution >= 4 is 0 Å². The molecule has 2 N–H and O–H groups in total. The van der Waals surface area contributed by atoms with Crippen LogP contribution in [0.4, 0.5) is 0 Å². The monoisotopic (exact) mass is 226 g/mol. The van der Waals surface area contributed by atoms with Crippen molar-refractivity contribution in [2.75, 3.05) is 19.6 Å². The summed E-state index contributed by atoms with van der Waals surface area (Å²) < 4.78 is 0. The molecule has 0 bridgehead atoms. The summed E-state index contributed by atoms with van der Waals surface area (Å²) in [5.74, 6) is 0.935. The fourth-order valence-corrected chi connectivity index (χ4v) is 2.78. The minimum absolute atomic E-state index is 0.661. The molecule has 2 heteroatoms. The van der Waals surface area contributed by atoms with E-state index in [0.717, 1.165) is 12.5 Å². The van der Waals surface area contributed by atoms with E-state index < -0.39 is 0 Å². The molecule has 2 unspecified atom stereocenters. The van der Waals surface area contributed by atoms with Crippen LogP contribution in [0.15, 0.2) is 0 Å². The normalized spacial score (nSPS) is 23.8. The Balaban J connectivity index is 2.20. The molecule has 96 valence electrons. The molecule has 0 aromatic heterocycles. The molecule has 1 saturated heterocycles. The molecule has 2 nitrogen and oxygen atoms in total. The first-order valence-electron chi connectivity index (χ1n) is 7.25. The van der Waals surface area contributed by atoms with Crippen LogP contribution < -0.4 is 5.73 Å². The lowest BCUT2D eigenvalue weighted by atomic mass is 10.1. The number of hydrogen-bond donors (Lipinski definition) is 1. The first-order valence-corrected chi connectivity index (χ1v) is 7.25. The summed E-state index contributed by atoms with van der Waals surface area (Å²) in [4.78, 5) is 2.64. The Morgan fingerprint density at radius 2 is 2.06 bits per heavy atom. The summed E-state index contributed by atoms with van der Waals surface area (Å²) in [6.07, 6.45) is 9.50. The number of hydrogen-bond acceptors (Lipinski definition) is 2. The Labute approximate surface area is 102 Å². The zero-order valence-corrected chi connectivity index (χ0v) is 11.3. The fraction of sp³-hybridized carbons (Fsp3) is 1.00. The molecule has 1 rings (SSSR count). The van der Waals surface area contributed by atoms with Gasteiger partial charge in [-0.3, -0.25) is 4.90 Å². The van der Waals surface area contributed by atoms with Crippen LogP contribution in [0.3, 0.4) is 0 Å². The van der Waals surface area contributed by atoms with Gasteiger partial charge in [-0.1, -0.05) is 46.0 Å². The van der Waals surface area contributed by atoms with E-state index in [1.54, 1.807) is 0 Å². The molecule has 16 heavy (non-hydrogen) atoms. The van der Waals surface area contributed by atoms with E-state index in [4.69, 9.17) is 5.73 Å². The molecule has 1 heterocycles. The van der Waals surface area contributed by atoms with Crippen molar-refractivity contribution in [3.8, 4) is 0 Å². The van der Waals surface area contributed by atoms with E-state index in [0.29, 0.717) is 6.04 Å². The smallest absolute Gasteiger partial charge is 0.0218 e. The summed E-state index contributed by atoms with van der Waals surface area (Å²) in [5, 5.41) is 0. The van der Waals surface area contributed by atoms with Crippen molar-refractivity contribution in [3.05, 3.63) is 0 Å². The van der Waals surface area contributed by atoms with Crippen molar-refractivity contribution in [1.29, 1.82) is 0 Å². The highest BCUT2D eigenvalue weighted by Crippen LogP contribution is 2.22. The van der Waals surface area contributed by atoms with Gasteiger partial charge in [-0.05, 0) is 25.3 Å². The number of nitrogens with two attached hydrogens (primary N) is 1. The van der Waals surface area contributed by atoms with Crippen molar-refractivity contribution in [2.24, 2.45) is 11.7 Å². The van der Waals surface area contributed by atoms with Crippen molar-refractivity contribution in [1.82, 2.24) is 4.90 Å². The zero-order chi connectivity index (χ0) is 11.8. The van der Waals surface area contributed by atoms with Gasteiger partial charge in [0.1, 0.15) is 0 Å². The SMILES string of the molecule is CCCCCCC(CN)N1CCC(CC)C1. The third-order valence-electron chi connectivity index (χ3n) is 4.07. The number of rotatable bonds is 8. The summed E-state index contributed by atoms with van der Waals surface area (Å²) in [6, 6.07) is 0.661. The number of nitrogens with zero attached hydrogens (tertiary/aromatic N) is 1. The predicted molar refractivity (Wildman–Crippen MR) is 71.6 cm³/mol. The molecule has 0 aromatic rings. The van der Waals surface area contributed by atoms with Gasteiger partial charge in [0, 0.05) is 19.1 Å². The average molecular weight is 226 g/mol. The van der Waals surface area contributed by atoms with Crippen LogP contribution in [0.25, 0.3) is 0 Å². The van der Waals surface area contributed by atoms with Gasteiger partial charge in [0.15, 0.2) is 0 Å². The maximum absolute atomic E-state index is 5.91. The van der Waals surface area contributed by atoms with Crippen LogP contribution >= 0.6 is 0 Å². The van der Waals surface area contributed by atoms with E-state index in [1.807, 2.05) is 0 Å². The molecular weight excluding hydrogens is 196 g/mol. The highest BCUT2D eigenvalue weighted by molar-refractivity contribution is 4.81. The third kappa shape index (κ3) is 4.42. The van der Waals surface area contributed by atoms with Crippen LogP contribution in [0, 0.1) is 5.92 Å². The van der Waals surface area contributed by atoms with Gasteiger partial charge in [0.05, 0.1) is 0 Å². The van der Waals surface area contributed by atoms with Crippen LogP contribution in [0.2, 0.25) is 0 Å². The first kappa shape index (κ1) is 14.0. The Morgan fingerprint density at radius 1 is 1.25 bits per heavy atom. The van der Waals surface area contributed by atoms with Crippen molar-refractivity contribution in [2.45, 2.75) is 64.8 Å². The Kier molecular flexibility index (Phi) is 7.06. The molecule has 2 atom stereocenters. The molecule has 0 aliphatic carbocycles. The van der Waals surface area contributed by atoms with Crippen molar-refractivity contribution in [3.63, 3.8) is 0 Å². The van der Waals surface area contributed by atoms with Gasteiger partial charge >= 0.3 is 0 Å². The highest BCUT2D eigenvalue weighted by Gasteiger charge is 2.25. The maximum Gasteiger partial charge on any atom is 0.0218 e. The van der Waals surface area contributed by atoms with E-state index in [9.17, 15) is 0 Å². The van der Waals surface area contributed by atoms with Gasteiger partial charge < -0.3 is 5.73 Å². The predicted octanol–water partition coefficient (Wildman–Crippen LogP) is 3.02. The molecule has 0 amide bonds. The summed E-state index contributed by atoms with van der Waals surface area (Å²) in [7, 11) is 0. The Morgan fingerprint density at radius 3 is 2.62 bits per heavy atom. The second-order valence-electron chi connectivity index (χ2n) is 5.30. The van der Waals surface area contributed by atoms with E-state index >= 15 is 0 Å². The zero-order valence-electron chi connectivity index (χ0n) is 11.3. The number of likely N-dealkylation sites (tertiary alicyclic amines) is 1. The first-order chi connectivity index (χ1) is 7.81. The lowest BCUT2D eigenvalue weighted by Crippen LogP contribution is -2.39. The van der Waals surface area contributed by atoms with Crippen LogP contribution in [0.5, 0.6) is 0 Å². The highest BCUT2D eigenvalue weighted by atomic mass is 15.2. The van der Waals surface area contributed by atoms with E-state index in [1.165, 1.54) is 58.0 Å². The van der Waals surface area contributed by atoms with E-state index in [-0.39, 0.29) is 0 Å². The molecule has 0 saturated carbocycles. The average Bonchev–Trinajstić information content (AvgIpc) is 2.78. The number of unbranched alkanes of at least 4 members (excludes halogenated alkanes) is 3. The summed E-state index contributed by atoms with van der Waals surface area (Å²) >= 11 is 0. The van der Waals surface area contributed by atoms with Gasteiger partial charge in [-0.2, -0.15) is 0 Å². The van der Waals surface area contributed by atoms with E-state index in [2.05, 4.69) is 18.7 Å². The standard InChI is InChI=1S/C14H30N2/c1-3-5-6-7-8-14(11-15)16-10-9-13(4-2)12-16/h13-14H,3-12,15H2,1-2H3. The maximum atomic E-state index is 5.91. The van der Waals surface area contributed by atoms with Crippen LogP contribution in [-0.4, -0.2) is 30.6 Å². The lowest BCUT2D eigenvalue weighted by Gasteiger charge is -2.26. The lowest BCUT2D eigenvalue weighted by molar-refractivity contribution is 0.222.